The maximum absolute atomic E-state index is 11.8. The molecule has 2 aliphatic rings. The molecule has 0 radical (unpaired) electrons. The standard InChI is InChI=1S/C16H21N3O3/c1-11-10-19(16(21)22-11)15-5-3-4-14(17-15)13-6-8-18(9-7-13)12(2)20/h3-5,11,13H,6-10H2,1-2H3. The van der Waals surface area contributed by atoms with Gasteiger partial charge in [0.15, 0.2) is 0 Å². The minimum absolute atomic E-state index is 0.100. The highest BCUT2D eigenvalue weighted by Crippen LogP contribution is 2.29. The van der Waals surface area contributed by atoms with Crippen molar-refractivity contribution < 1.29 is 14.3 Å². The van der Waals surface area contributed by atoms with E-state index in [0.29, 0.717) is 18.3 Å². The van der Waals surface area contributed by atoms with Crippen LogP contribution in [0.3, 0.4) is 0 Å². The summed E-state index contributed by atoms with van der Waals surface area (Å²) in [6, 6.07) is 5.78. The SMILES string of the molecule is CC(=O)N1CCC(c2cccc(N3CC(C)OC3=O)n2)CC1. The van der Waals surface area contributed by atoms with Crippen molar-refractivity contribution in [2.75, 3.05) is 24.5 Å². The lowest BCUT2D eigenvalue weighted by molar-refractivity contribution is -0.129. The topological polar surface area (TPSA) is 62.7 Å². The molecule has 0 saturated carbocycles. The molecule has 1 unspecified atom stereocenters. The maximum atomic E-state index is 11.8. The van der Waals surface area contributed by atoms with E-state index in [1.54, 1.807) is 11.8 Å². The second-order valence-electron chi connectivity index (χ2n) is 6.01. The first kappa shape index (κ1) is 14.8. The Hall–Kier alpha value is -2.11. The van der Waals surface area contributed by atoms with E-state index in [0.717, 1.165) is 31.6 Å². The number of carbonyl (C=O) groups excluding carboxylic acids is 2. The molecule has 6 heteroatoms. The number of cyclic esters (lactones) is 1. The predicted molar refractivity (Wildman–Crippen MR) is 81.8 cm³/mol. The molecule has 3 heterocycles. The number of pyridine rings is 1. The van der Waals surface area contributed by atoms with Crippen LogP contribution in [0, 0.1) is 0 Å². The second kappa shape index (κ2) is 5.94. The fourth-order valence-electron chi connectivity index (χ4n) is 3.10. The molecule has 0 bridgehead atoms. The second-order valence-corrected chi connectivity index (χ2v) is 6.01. The van der Waals surface area contributed by atoms with Gasteiger partial charge in [-0.15, -0.1) is 0 Å². The van der Waals surface area contributed by atoms with Gasteiger partial charge in [-0.2, -0.15) is 0 Å². The van der Waals surface area contributed by atoms with E-state index in [9.17, 15) is 9.59 Å². The number of hydrogen-bond acceptors (Lipinski definition) is 4. The van der Waals surface area contributed by atoms with Gasteiger partial charge in [-0.1, -0.05) is 6.07 Å². The Morgan fingerprint density at radius 3 is 2.64 bits per heavy atom. The average molecular weight is 303 g/mol. The van der Waals surface area contributed by atoms with Gasteiger partial charge in [-0.25, -0.2) is 9.78 Å². The number of anilines is 1. The molecule has 2 saturated heterocycles. The van der Waals surface area contributed by atoms with Crippen molar-refractivity contribution in [3.8, 4) is 0 Å². The fraction of sp³-hybridized carbons (Fsp3) is 0.562. The van der Waals surface area contributed by atoms with Crippen LogP contribution < -0.4 is 4.90 Å². The van der Waals surface area contributed by atoms with E-state index in [1.165, 1.54) is 0 Å². The van der Waals surface area contributed by atoms with Gasteiger partial charge < -0.3 is 9.64 Å². The smallest absolute Gasteiger partial charge is 0.415 e. The van der Waals surface area contributed by atoms with E-state index in [4.69, 9.17) is 4.74 Å². The first-order valence-corrected chi connectivity index (χ1v) is 7.75. The molecular formula is C16H21N3O3. The van der Waals surface area contributed by atoms with E-state index in [-0.39, 0.29) is 18.1 Å². The first-order valence-electron chi connectivity index (χ1n) is 7.75. The molecule has 0 aromatic carbocycles. The minimum atomic E-state index is -0.330. The summed E-state index contributed by atoms with van der Waals surface area (Å²) in [7, 11) is 0. The van der Waals surface area contributed by atoms with Gasteiger partial charge in [-0.3, -0.25) is 9.69 Å². The van der Waals surface area contributed by atoms with Crippen LogP contribution >= 0.6 is 0 Å². The van der Waals surface area contributed by atoms with Crippen LogP contribution in [0.2, 0.25) is 0 Å². The van der Waals surface area contributed by atoms with E-state index in [1.807, 2.05) is 30.0 Å². The highest BCUT2D eigenvalue weighted by atomic mass is 16.6. The summed E-state index contributed by atoms with van der Waals surface area (Å²) < 4.78 is 5.16. The van der Waals surface area contributed by atoms with Gasteiger partial charge in [0, 0.05) is 31.6 Å². The molecule has 0 N–H and O–H groups in total. The van der Waals surface area contributed by atoms with Crippen LogP contribution in [0.5, 0.6) is 0 Å². The highest BCUT2D eigenvalue weighted by Gasteiger charge is 2.31. The Morgan fingerprint density at radius 2 is 2.05 bits per heavy atom. The van der Waals surface area contributed by atoms with Crippen molar-refractivity contribution in [2.45, 2.75) is 38.7 Å². The van der Waals surface area contributed by atoms with Gasteiger partial charge in [0.1, 0.15) is 11.9 Å². The van der Waals surface area contributed by atoms with Crippen LogP contribution in [0.4, 0.5) is 10.6 Å². The minimum Gasteiger partial charge on any atom is -0.444 e. The van der Waals surface area contributed by atoms with Crippen LogP contribution in [0.1, 0.15) is 38.3 Å². The van der Waals surface area contributed by atoms with Gasteiger partial charge in [0.2, 0.25) is 5.91 Å². The first-order chi connectivity index (χ1) is 10.5. The Bertz CT molecular complexity index is 582. The van der Waals surface area contributed by atoms with Crippen molar-refractivity contribution >= 4 is 17.8 Å². The molecule has 2 fully saturated rings. The summed E-state index contributed by atoms with van der Waals surface area (Å²) in [6.07, 6.45) is 1.40. The lowest BCUT2D eigenvalue weighted by Gasteiger charge is -2.31. The van der Waals surface area contributed by atoms with Crippen molar-refractivity contribution in [1.82, 2.24) is 9.88 Å². The fourth-order valence-corrected chi connectivity index (χ4v) is 3.10. The number of nitrogens with zero attached hydrogens (tertiary/aromatic N) is 3. The highest BCUT2D eigenvalue weighted by molar-refractivity contribution is 5.88. The number of ether oxygens (including phenoxy) is 1. The molecule has 6 nitrogen and oxygen atoms in total. The summed E-state index contributed by atoms with van der Waals surface area (Å²) in [6.45, 7) is 5.57. The van der Waals surface area contributed by atoms with Crippen LogP contribution in [0.15, 0.2) is 18.2 Å². The largest absolute Gasteiger partial charge is 0.444 e. The summed E-state index contributed by atoms with van der Waals surface area (Å²) in [4.78, 5) is 31.3. The number of carbonyl (C=O) groups is 2. The molecule has 22 heavy (non-hydrogen) atoms. The number of hydrogen-bond donors (Lipinski definition) is 0. The number of piperidine rings is 1. The summed E-state index contributed by atoms with van der Waals surface area (Å²) in [5.41, 5.74) is 0.994. The Morgan fingerprint density at radius 1 is 1.32 bits per heavy atom. The van der Waals surface area contributed by atoms with Crippen molar-refractivity contribution in [3.05, 3.63) is 23.9 Å². The molecule has 118 valence electrons. The molecule has 0 aliphatic carbocycles. The molecular weight excluding hydrogens is 282 g/mol. The van der Waals surface area contributed by atoms with E-state index < -0.39 is 0 Å². The third-order valence-corrected chi connectivity index (χ3v) is 4.35. The number of amides is 2. The monoisotopic (exact) mass is 303 g/mol. The van der Waals surface area contributed by atoms with E-state index >= 15 is 0 Å². The Labute approximate surface area is 130 Å². The molecule has 2 aliphatic heterocycles. The molecule has 0 spiro atoms. The van der Waals surface area contributed by atoms with Crippen molar-refractivity contribution in [3.63, 3.8) is 0 Å². The van der Waals surface area contributed by atoms with E-state index in [2.05, 4.69) is 4.98 Å². The average Bonchev–Trinajstić information content (AvgIpc) is 2.86. The van der Waals surface area contributed by atoms with Crippen LogP contribution in [0.25, 0.3) is 0 Å². The third kappa shape index (κ3) is 2.91. The Kier molecular flexibility index (Phi) is 4.00. The summed E-state index contributed by atoms with van der Waals surface area (Å²) in [5.74, 6) is 1.13. The van der Waals surface area contributed by atoms with Gasteiger partial charge in [-0.05, 0) is 31.9 Å². The zero-order valence-corrected chi connectivity index (χ0v) is 13.0. The number of aromatic nitrogens is 1. The van der Waals surface area contributed by atoms with Crippen molar-refractivity contribution in [2.24, 2.45) is 0 Å². The van der Waals surface area contributed by atoms with Crippen LogP contribution in [-0.4, -0.2) is 47.6 Å². The number of rotatable bonds is 2. The summed E-state index contributed by atoms with van der Waals surface area (Å²) in [5, 5.41) is 0. The number of likely N-dealkylation sites (tertiary alicyclic amines) is 1. The molecule has 1 aromatic heterocycles. The van der Waals surface area contributed by atoms with Crippen molar-refractivity contribution in [1.29, 1.82) is 0 Å². The molecule has 1 atom stereocenters. The molecule has 2 amide bonds. The predicted octanol–water partition coefficient (Wildman–Crippen LogP) is 2.15. The Balaban J connectivity index is 1.72. The van der Waals surface area contributed by atoms with Gasteiger partial charge in [0.25, 0.3) is 0 Å². The zero-order valence-electron chi connectivity index (χ0n) is 13.0. The summed E-state index contributed by atoms with van der Waals surface area (Å²) >= 11 is 0. The van der Waals surface area contributed by atoms with Gasteiger partial charge in [0.05, 0.1) is 6.54 Å². The maximum Gasteiger partial charge on any atom is 0.415 e. The lowest BCUT2D eigenvalue weighted by atomic mass is 9.93. The third-order valence-electron chi connectivity index (χ3n) is 4.35. The lowest BCUT2D eigenvalue weighted by Crippen LogP contribution is -2.36. The molecule has 1 aromatic rings. The van der Waals surface area contributed by atoms with Crippen LogP contribution in [-0.2, 0) is 9.53 Å². The normalized spacial score (nSPS) is 22.8. The zero-order chi connectivity index (χ0) is 15.7. The van der Waals surface area contributed by atoms with Gasteiger partial charge >= 0.3 is 6.09 Å². The molecule has 3 rings (SSSR count). The quantitative estimate of drug-likeness (QED) is 0.840.